The van der Waals surface area contributed by atoms with Crippen LogP contribution in [-0.2, 0) is 38.1 Å². The van der Waals surface area contributed by atoms with Gasteiger partial charge in [-0.05, 0) is 39.0 Å². The van der Waals surface area contributed by atoms with Crippen molar-refractivity contribution in [1.29, 1.82) is 0 Å². The summed E-state index contributed by atoms with van der Waals surface area (Å²) >= 11 is 2.95. The summed E-state index contributed by atoms with van der Waals surface area (Å²) in [7, 11) is 4.79. The Balaban J connectivity index is 2.13. The third-order valence-electron chi connectivity index (χ3n) is 6.10. The lowest BCUT2D eigenvalue weighted by molar-refractivity contribution is -0.138. The number of thioether (sulfide) groups is 3. The van der Waals surface area contributed by atoms with Crippen LogP contribution in [0.5, 0.6) is 5.75 Å². The van der Waals surface area contributed by atoms with Crippen LogP contribution in [0, 0.1) is 0 Å². The van der Waals surface area contributed by atoms with Gasteiger partial charge in [-0.25, -0.2) is 19.2 Å². The molecule has 1 N–H and O–H groups in total. The summed E-state index contributed by atoms with van der Waals surface area (Å²) in [5.41, 5.74) is 1.20. The molecule has 4 rings (SSSR count). The van der Waals surface area contributed by atoms with Gasteiger partial charge in [-0.1, -0.05) is 35.3 Å². The molecule has 0 atom stereocenters. The van der Waals surface area contributed by atoms with Crippen LogP contribution in [0.15, 0.2) is 43.4 Å². The summed E-state index contributed by atoms with van der Waals surface area (Å²) < 4.78 is 24.5. The summed E-state index contributed by atoms with van der Waals surface area (Å²) in [6.45, 7) is 6.15. The number of carbonyl (C=O) groups is 4. The standard InChI is InChI=1S/C26H27NO9S3/c1-8-36-12-9-10-14-13(11-12)15-20(25(2,3)27-14)37-17(22(29)33-5)16(21(28)32-4)26(15)38-18(23(30)34-6)19(39-26)24(31)35-7/h9-11,27H,8H2,1-7H3. The van der Waals surface area contributed by atoms with Crippen LogP contribution in [0.1, 0.15) is 26.3 Å². The van der Waals surface area contributed by atoms with Gasteiger partial charge in [0.15, 0.2) is 0 Å². The highest BCUT2D eigenvalue weighted by atomic mass is 32.2. The zero-order valence-electron chi connectivity index (χ0n) is 22.3. The van der Waals surface area contributed by atoms with Crippen molar-refractivity contribution in [2.24, 2.45) is 0 Å². The van der Waals surface area contributed by atoms with Crippen LogP contribution < -0.4 is 10.1 Å². The lowest BCUT2D eigenvalue weighted by Crippen LogP contribution is -2.44. The Bertz CT molecular complexity index is 1350. The molecular formula is C26H27NO9S3. The Labute approximate surface area is 238 Å². The van der Waals surface area contributed by atoms with Gasteiger partial charge in [0, 0.05) is 21.7 Å². The zero-order chi connectivity index (χ0) is 28.7. The van der Waals surface area contributed by atoms with E-state index in [1.54, 1.807) is 0 Å². The molecule has 39 heavy (non-hydrogen) atoms. The second-order valence-corrected chi connectivity index (χ2v) is 12.6. The molecule has 0 unspecified atom stereocenters. The minimum atomic E-state index is -1.52. The first-order valence-corrected chi connectivity index (χ1v) is 14.1. The van der Waals surface area contributed by atoms with Gasteiger partial charge in [-0.15, -0.1) is 0 Å². The number of fused-ring (bicyclic) bond motifs is 3. The minimum Gasteiger partial charge on any atom is -0.494 e. The topological polar surface area (TPSA) is 126 Å². The molecule has 3 heterocycles. The maximum absolute atomic E-state index is 13.5. The van der Waals surface area contributed by atoms with E-state index in [1.807, 2.05) is 39.0 Å². The largest absolute Gasteiger partial charge is 0.494 e. The average molecular weight is 594 g/mol. The number of ether oxygens (including phenoxy) is 5. The van der Waals surface area contributed by atoms with Crippen LogP contribution in [0.2, 0.25) is 0 Å². The molecule has 1 aromatic carbocycles. The van der Waals surface area contributed by atoms with E-state index in [1.165, 1.54) is 28.4 Å². The second-order valence-electron chi connectivity index (χ2n) is 8.85. The molecule has 1 spiro atoms. The normalized spacial score (nSPS) is 18.6. The maximum Gasteiger partial charge on any atom is 0.345 e. The van der Waals surface area contributed by atoms with E-state index < -0.39 is 33.5 Å². The van der Waals surface area contributed by atoms with Crippen molar-refractivity contribution >= 4 is 70.4 Å². The first-order valence-electron chi connectivity index (χ1n) is 11.7. The van der Waals surface area contributed by atoms with Gasteiger partial charge >= 0.3 is 23.9 Å². The minimum absolute atomic E-state index is 0.0160. The van der Waals surface area contributed by atoms with Gasteiger partial charge in [-0.3, -0.25) is 0 Å². The summed E-state index contributed by atoms with van der Waals surface area (Å²) in [5, 5.41) is 3.50. The van der Waals surface area contributed by atoms with E-state index in [9.17, 15) is 19.2 Å². The molecule has 0 saturated carbocycles. The van der Waals surface area contributed by atoms with Crippen molar-refractivity contribution in [3.63, 3.8) is 0 Å². The molecule has 0 saturated heterocycles. The van der Waals surface area contributed by atoms with Crippen LogP contribution in [-0.4, -0.2) is 68.5 Å². The molecule has 13 heteroatoms. The van der Waals surface area contributed by atoms with Crippen molar-refractivity contribution in [2.75, 3.05) is 40.4 Å². The molecule has 3 aliphatic heterocycles. The highest BCUT2D eigenvalue weighted by Gasteiger charge is 2.60. The quantitative estimate of drug-likeness (QED) is 0.376. The molecule has 0 aromatic heterocycles. The van der Waals surface area contributed by atoms with E-state index in [4.69, 9.17) is 23.7 Å². The zero-order valence-corrected chi connectivity index (χ0v) is 24.8. The third kappa shape index (κ3) is 4.70. The van der Waals surface area contributed by atoms with Crippen LogP contribution in [0.25, 0.3) is 5.57 Å². The molecule has 1 aromatic rings. The van der Waals surface area contributed by atoms with Gasteiger partial charge < -0.3 is 29.0 Å². The van der Waals surface area contributed by atoms with Gasteiger partial charge in [-0.2, -0.15) is 0 Å². The number of hydrogen-bond acceptors (Lipinski definition) is 13. The molecule has 3 aliphatic rings. The van der Waals surface area contributed by atoms with Crippen molar-refractivity contribution in [2.45, 2.75) is 30.4 Å². The molecule has 0 radical (unpaired) electrons. The Hall–Kier alpha value is -3.03. The van der Waals surface area contributed by atoms with Gasteiger partial charge in [0.2, 0.25) is 0 Å². The van der Waals surface area contributed by atoms with Gasteiger partial charge in [0.25, 0.3) is 0 Å². The van der Waals surface area contributed by atoms with Gasteiger partial charge in [0.05, 0.1) is 46.2 Å². The monoisotopic (exact) mass is 593 g/mol. The van der Waals surface area contributed by atoms with E-state index >= 15 is 0 Å². The molecule has 0 amide bonds. The first-order chi connectivity index (χ1) is 18.5. The second kappa shape index (κ2) is 10.9. The Morgan fingerprint density at radius 2 is 1.36 bits per heavy atom. The molecular weight excluding hydrogens is 566 g/mol. The van der Waals surface area contributed by atoms with Crippen LogP contribution in [0.3, 0.4) is 0 Å². The van der Waals surface area contributed by atoms with Crippen molar-refractivity contribution in [3.8, 4) is 5.75 Å². The van der Waals surface area contributed by atoms with Gasteiger partial charge in [0.1, 0.15) is 24.5 Å². The van der Waals surface area contributed by atoms with Crippen molar-refractivity contribution in [3.05, 3.63) is 49.0 Å². The van der Waals surface area contributed by atoms with Crippen molar-refractivity contribution in [1.82, 2.24) is 0 Å². The Kier molecular flexibility index (Phi) is 8.06. The molecule has 0 bridgehead atoms. The molecule has 0 aliphatic carbocycles. The fourth-order valence-electron chi connectivity index (χ4n) is 4.48. The number of esters is 4. The number of hydrogen-bond donors (Lipinski definition) is 1. The van der Waals surface area contributed by atoms with Crippen LogP contribution in [0.4, 0.5) is 5.69 Å². The van der Waals surface area contributed by atoms with E-state index in [0.29, 0.717) is 28.4 Å². The van der Waals surface area contributed by atoms with E-state index in [-0.39, 0.29) is 20.3 Å². The van der Waals surface area contributed by atoms with Crippen LogP contribution >= 0.6 is 35.3 Å². The lowest BCUT2D eigenvalue weighted by atomic mass is 9.85. The highest BCUT2D eigenvalue weighted by molar-refractivity contribution is 8.26. The predicted octanol–water partition coefficient (Wildman–Crippen LogP) is 4.08. The summed E-state index contributed by atoms with van der Waals surface area (Å²) in [6.07, 6.45) is 0. The lowest BCUT2D eigenvalue weighted by Gasteiger charge is -2.46. The molecule has 0 fully saturated rings. The fourth-order valence-corrected chi connectivity index (χ4v) is 9.50. The maximum atomic E-state index is 13.5. The fraction of sp³-hybridized carbons (Fsp3) is 0.385. The predicted molar refractivity (Wildman–Crippen MR) is 150 cm³/mol. The number of rotatable bonds is 6. The first kappa shape index (κ1) is 29.0. The Morgan fingerprint density at radius 3 is 1.87 bits per heavy atom. The van der Waals surface area contributed by atoms with E-state index in [0.717, 1.165) is 41.0 Å². The smallest absolute Gasteiger partial charge is 0.345 e. The SMILES string of the molecule is CCOc1ccc2c(c1)C1=C(SC(C(=O)OC)=C(C(=O)OC)C13SC(C(=O)OC)=C(C(=O)OC)S3)C(C)(C)N2. The summed E-state index contributed by atoms with van der Waals surface area (Å²) in [4.78, 5) is 53.2. The third-order valence-corrected chi connectivity index (χ3v) is 10.8. The average Bonchev–Trinajstić information content (AvgIpc) is 3.31. The number of nitrogens with one attached hydrogen (secondary N) is 1. The summed E-state index contributed by atoms with van der Waals surface area (Å²) in [5.74, 6) is -2.57. The number of anilines is 1. The summed E-state index contributed by atoms with van der Waals surface area (Å²) in [6, 6.07) is 5.51. The number of carbonyl (C=O) groups excluding carboxylic acids is 4. The number of benzene rings is 1. The highest BCUT2D eigenvalue weighted by Crippen LogP contribution is 2.70. The molecule has 208 valence electrons. The number of methoxy groups -OCH3 is 4. The Morgan fingerprint density at radius 1 is 0.821 bits per heavy atom. The van der Waals surface area contributed by atoms with Crippen molar-refractivity contribution < 1.29 is 42.9 Å². The molecule has 10 nitrogen and oxygen atoms in total. The van der Waals surface area contributed by atoms with E-state index in [2.05, 4.69) is 5.32 Å².